The van der Waals surface area contributed by atoms with Crippen molar-refractivity contribution < 1.29 is 14.9 Å². The van der Waals surface area contributed by atoms with Crippen LogP contribution in [0.3, 0.4) is 0 Å². The number of hydrogen-bond acceptors (Lipinski definition) is 4. The standard InChI is InChI=1S/C10H21NO3/c1-8(2)14-7-10(13)6-11-4-3-9(12)5-11/h8-10,12-13H,3-7H2,1-2H3/t9-,10?/m1/s1. The molecule has 0 spiro atoms. The maximum atomic E-state index is 9.60. The lowest BCUT2D eigenvalue weighted by molar-refractivity contribution is -0.00695. The Hall–Kier alpha value is -0.160. The lowest BCUT2D eigenvalue weighted by Crippen LogP contribution is -2.34. The number of hydrogen-bond donors (Lipinski definition) is 2. The highest BCUT2D eigenvalue weighted by atomic mass is 16.5. The van der Waals surface area contributed by atoms with Crippen LogP contribution in [0.4, 0.5) is 0 Å². The van der Waals surface area contributed by atoms with Crippen LogP contribution in [0, 0.1) is 0 Å². The average Bonchev–Trinajstić information content (AvgIpc) is 2.48. The van der Waals surface area contributed by atoms with E-state index in [0.29, 0.717) is 19.7 Å². The zero-order valence-electron chi connectivity index (χ0n) is 9.02. The van der Waals surface area contributed by atoms with Crippen molar-refractivity contribution in [1.29, 1.82) is 0 Å². The molecule has 0 saturated carbocycles. The van der Waals surface area contributed by atoms with Gasteiger partial charge in [-0.25, -0.2) is 0 Å². The molecule has 4 heteroatoms. The van der Waals surface area contributed by atoms with Crippen LogP contribution in [0.5, 0.6) is 0 Å². The Balaban J connectivity index is 2.10. The van der Waals surface area contributed by atoms with Crippen molar-refractivity contribution in [2.24, 2.45) is 0 Å². The van der Waals surface area contributed by atoms with Gasteiger partial charge in [0.2, 0.25) is 0 Å². The van der Waals surface area contributed by atoms with E-state index in [9.17, 15) is 10.2 Å². The molecule has 1 heterocycles. The summed E-state index contributed by atoms with van der Waals surface area (Å²) in [6.45, 7) is 6.44. The van der Waals surface area contributed by atoms with E-state index >= 15 is 0 Å². The third-order valence-electron chi connectivity index (χ3n) is 2.34. The van der Waals surface area contributed by atoms with Crippen molar-refractivity contribution in [2.45, 2.75) is 38.6 Å². The van der Waals surface area contributed by atoms with Crippen molar-refractivity contribution in [3.63, 3.8) is 0 Å². The molecule has 1 aliphatic heterocycles. The molecule has 1 fully saturated rings. The molecule has 2 N–H and O–H groups in total. The lowest BCUT2D eigenvalue weighted by Gasteiger charge is -2.20. The molecular weight excluding hydrogens is 182 g/mol. The van der Waals surface area contributed by atoms with E-state index in [1.54, 1.807) is 0 Å². The summed E-state index contributed by atoms with van der Waals surface area (Å²) < 4.78 is 5.30. The molecule has 0 aromatic carbocycles. The van der Waals surface area contributed by atoms with Gasteiger partial charge in [-0.15, -0.1) is 0 Å². The molecule has 4 nitrogen and oxygen atoms in total. The Morgan fingerprint density at radius 2 is 2.21 bits per heavy atom. The molecule has 84 valence electrons. The zero-order chi connectivity index (χ0) is 10.6. The third-order valence-corrected chi connectivity index (χ3v) is 2.34. The molecule has 1 saturated heterocycles. The molecule has 14 heavy (non-hydrogen) atoms. The van der Waals surface area contributed by atoms with Crippen LogP contribution in [-0.2, 0) is 4.74 Å². The smallest absolute Gasteiger partial charge is 0.0900 e. The van der Waals surface area contributed by atoms with E-state index in [-0.39, 0.29) is 12.2 Å². The number of nitrogens with zero attached hydrogens (tertiary/aromatic N) is 1. The van der Waals surface area contributed by atoms with Gasteiger partial charge in [-0.05, 0) is 20.3 Å². The van der Waals surface area contributed by atoms with E-state index in [4.69, 9.17) is 4.74 Å². The molecule has 1 aliphatic rings. The van der Waals surface area contributed by atoms with Gasteiger partial charge in [0, 0.05) is 19.6 Å². The van der Waals surface area contributed by atoms with Gasteiger partial charge >= 0.3 is 0 Å². The Bertz CT molecular complexity index is 163. The van der Waals surface area contributed by atoms with Gasteiger partial charge in [0.05, 0.1) is 24.9 Å². The average molecular weight is 203 g/mol. The van der Waals surface area contributed by atoms with E-state index in [0.717, 1.165) is 13.0 Å². The normalized spacial score (nSPS) is 25.9. The summed E-state index contributed by atoms with van der Waals surface area (Å²) in [5, 5.41) is 18.9. The van der Waals surface area contributed by atoms with Crippen molar-refractivity contribution in [1.82, 2.24) is 4.90 Å². The molecule has 0 radical (unpaired) electrons. The van der Waals surface area contributed by atoms with Crippen LogP contribution in [-0.4, -0.2) is 59.7 Å². The Morgan fingerprint density at radius 1 is 1.50 bits per heavy atom. The molecule has 0 aromatic heterocycles. The van der Waals surface area contributed by atoms with Crippen LogP contribution >= 0.6 is 0 Å². The summed E-state index contributed by atoms with van der Waals surface area (Å²) in [7, 11) is 0. The largest absolute Gasteiger partial charge is 0.392 e. The first-order valence-electron chi connectivity index (χ1n) is 5.28. The lowest BCUT2D eigenvalue weighted by atomic mass is 10.3. The maximum absolute atomic E-state index is 9.60. The third kappa shape index (κ3) is 4.37. The molecule has 0 amide bonds. The van der Waals surface area contributed by atoms with Crippen LogP contribution in [0.15, 0.2) is 0 Å². The molecule has 1 rings (SSSR count). The van der Waals surface area contributed by atoms with Gasteiger partial charge < -0.3 is 14.9 Å². The second-order valence-electron chi connectivity index (χ2n) is 4.24. The summed E-state index contributed by atoms with van der Waals surface area (Å²) in [5.74, 6) is 0. The number of rotatable bonds is 5. The molecule has 0 aromatic rings. The Morgan fingerprint density at radius 3 is 2.71 bits per heavy atom. The number of likely N-dealkylation sites (tertiary alicyclic amines) is 1. The first-order valence-corrected chi connectivity index (χ1v) is 5.28. The summed E-state index contributed by atoms with van der Waals surface area (Å²) in [6, 6.07) is 0. The van der Waals surface area contributed by atoms with Crippen LogP contribution < -0.4 is 0 Å². The van der Waals surface area contributed by atoms with Crippen LogP contribution in [0.2, 0.25) is 0 Å². The van der Waals surface area contributed by atoms with Gasteiger partial charge in [-0.3, -0.25) is 4.90 Å². The van der Waals surface area contributed by atoms with Gasteiger partial charge in [-0.2, -0.15) is 0 Å². The highest BCUT2D eigenvalue weighted by molar-refractivity contribution is 4.76. The number of ether oxygens (including phenoxy) is 1. The van der Waals surface area contributed by atoms with E-state index in [1.165, 1.54) is 0 Å². The quantitative estimate of drug-likeness (QED) is 0.652. The summed E-state index contributed by atoms with van der Waals surface area (Å²) in [4.78, 5) is 2.07. The van der Waals surface area contributed by atoms with Crippen molar-refractivity contribution in [2.75, 3.05) is 26.2 Å². The molecule has 0 bridgehead atoms. The minimum atomic E-state index is -0.442. The van der Waals surface area contributed by atoms with Crippen molar-refractivity contribution in [3.05, 3.63) is 0 Å². The first-order chi connectivity index (χ1) is 6.58. The van der Waals surface area contributed by atoms with Crippen molar-refractivity contribution >= 4 is 0 Å². The fourth-order valence-corrected chi connectivity index (χ4v) is 1.63. The number of β-amino-alcohol motifs (C(OH)–C–C–N with tert-alkyl or cyclic N) is 2. The van der Waals surface area contributed by atoms with Gasteiger partial charge in [-0.1, -0.05) is 0 Å². The predicted molar refractivity (Wildman–Crippen MR) is 54.2 cm³/mol. The summed E-state index contributed by atoms with van der Waals surface area (Å²) in [6.07, 6.45) is 0.322. The molecular formula is C10H21NO3. The van der Waals surface area contributed by atoms with E-state index in [2.05, 4.69) is 4.90 Å². The van der Waals surface area contributed by atoms with Gasteiger partial charge in [0.25, 0.3) is 0 Å². The number of aliphatic hydroxyl groups excluding tert-OH is 2. The minimum absolute atomic E-state index is 0.161. The van der Waals surface area contributed by atoms with Gasteiger partial charge in [0.15, 0.2) is 0 Å². The molecule has 1 unspecified atom stereocenters. The Kier molecular flexibility index (Phi) is 4.81. The highest BCUT2D eigenvalue weighted by Crippen LogP contribution is 2.09. The monoisotopic (exact) mass is 203 g/mol. The SMILES string of the molecule is CC(C)OCC(O)CN1CC[C@@H](O)C1. The highest BCUT2D eigenvalue weighted by Gasteiger charge is 2.22. The fourth-order valence-electron chi connectivity index (χ4n) is 1.63. The second kappa shape index (κ2) is 5.66. The Labute approximate surface area is 85.5 Å². The molecule has 0 aliphatic carbocycles. The van der Waals surface area contributed by atoms with Gasteiger partial charge in [0.1, 0.15) is 0 Å². The van der Waals surface area contributed by atoms with Crippen molar-refractivity contribution in [3.8, 4) is 0 Å². The maximum Gasteiger partial charge on any atom is 0.0900 e. The summed E-state index contributed by atoms with van der Waals surface area (Å²) in [5.41, 5.74) is 0. The van der Waals surface area contributed by atoms with E-state index in [1.807, 2.05) is 13.8 Å². The minimum Gasteiger partial charge on any atom is -0.392 e. The predicted octanol–water partition coefficient (Wildman–Crippen LogP) is -0.161. The fraction of sp³-hybridized carbons (Fsp3) is 1.00. The number of aliphatic hydroxyl groups is 2. The van der Waals surface area contributed by atoms with E-state index < -0.39 is 6.10 Å². The molecule has 2 atom stereocenters. The topological polar surface area (TPSA) is 52.9 Å². The summed E-state index contributed by atoms with van der Waals surface area (Å²) >= 11 is 0. The zero-order valence-corrected chi connectivity index (χ0v) is 9.02. The van der Waals surface area contributed by atoms with Crippen LogP contribution in [0.1, 0.15) is 20.3 Å². The second-order valence-corrected chi connectivity index (χ2v) is 4.24. The van der Waals surface area contributed by atoms with Crippen LogP contribution in [0.25, 0.3) is 0 Å². The first kappa shape index (κ1) is 11.9.